The van der Waals surface area contributed by atoms with Gasteiger partial charge in [-0.05, 0) is 31.0 Å². The summed E-state index contributed by atoms with van der Waals surface area (Å²) < 4.78 is 0. The lowest BCUT2D eigenvalue weighted by atomic mass is 10.1. The second-order valence-corrected chi connectivity index (χ2v) is 4.69. The molecule has 1 rings (SSSR count). The number of aryl methyl sites for hydroxylation is 1. The van der Waals surface area contributed by atoms with Crippen LogP contribution in [0.15, 0.2) is 18.2 Å². The number of aromatic hydroxyl groups is 1. The number of nitrogens with two attached hydrogens (primary N) is 1. The number of hydrogen-bond acceptors (Lipinski definition) is 3. The zero-order chi connectivity index (χ0) is 13.7. The van der Waals surface area contributed by atoms with Gasteiger partial charge in [0.1, 0.15) is 5.75 Å². The van der Waals surface area contributed by atoms with Crippen LogP contribution in [-0.4, -0.2) is 22.0 Å². The molecule has 5 heteroatoms. The molecule has 0 saturated heterocycles. The van der Waals surface area contributed by atoms with Crippen LogP contribution in [0.4, 0.5) is 0 Å². The van der Waals surface area contributed by atoms with Crippen LogP contribution in [-0.2, 0) is 0 Å². The molecule has 0 aliphatic heterocycles. The fraction of sp³-hybridized carbons (Fsp3) is 0.385. The fourth-order valence-corrected chi connectivity index (χ4v) is 1.74. The average molecular weight is 266 g/mol. The van der Waals surface area contributed by atoms with Gasteiger partial charge in [0.25, 0.3) is 5.91 Å². The van der Waals surface area contributed by atoms with Crippen LogP contribution in [0.5, 0.6) is 5.75 Å². The van der Waals surface area contributed by atoms with Gasteiger partial charge < -0.3 is 16.2 Å². The van der Waals surface area contributed by atoms with Crippen LogP contribution in [0.2, 0.25) is 0 Å². The number of amides is 1. The molecule has 4 N–H and O–H groups in total. The van der Waals surface area contributed by atoms with Crippen molar-refractivity contribution in [2.24, 2.45) is 5.73 Å². The van der Waals surface area contributed by atoms with Crippen LogP contribution in [0.1, 0.15) is 35.7 Å². The van der Waals surface area contributed by atoms with Crippen LogP contribution >= 0.6 is 12.2 Å². The molecule has 4 nitrogen and oxygen atoms in total. The number of nitrogens with one attached hydrogen (secondary N) is 1. The van der Waals surface area contributed by atoms with Gasteiger partial charge in [0.15, 0.2) is 0 Å². The van der Waals surface area contributed by atoms with Crippen LogP contribution in [0, 0.1) is 6.92 Å². The predicted molar refractivity (Wildman–Crippen MR) is 75.8 cm³/mol. The minimum Gasteiger partial charge on any atom is -0.508 e. The van der Waals surface area contributed by atoms with E-state index in [1.165, 1.54) is 6.07 Å². The van der Waals surface area contributed by atoms with E-state index in [1.54, 1.807) is 19.1 Å². The van der Waals surface area contributed by atoms with Crippen LogP contribution in [0.25, 0.3) is 0 Å². The van der Waals surface area contributed by atoms with Crippen molar-refractivity contribution in [2.75, 3.05) is 0 Å². The normalized spacial score (nSPS) is 11.9. The highest BCUT2D eigenvalue weighted by atomic mass is 32.1. The molecule has 18 heavy (non-hydrogen) atoms. The van der Waals surface area contributed by atoms with Crippen LogP contribution < -0.4 is 11.1 Å². The van der Waals surface area contributed by atoms with E-state index in [0.29, 0.717) is 12.0 Å². The second-order valence-electron chi connectivity index (χ2n) is 4.22. The summed E-state index contributed by atoms with van der Waals surface area (Å²) in [6.07, 6.45) is 1.58. The van der Waals surface area contributed by atoms with Gasteiger partial charge in [-0.15, -0.1) is 0 Å². The summed E-state index contributed by atoms with van der Waals surface area (Å²) in [4.78, 5) is 12.2. The highest BCUT2D eigenvalue weighted by Gasteiger charge is 2.15. The first-order valence-corrected chi connectivity index (χ1v) is 6.26. The maximum atomic E-state index is 12.0. The number of phenolic OH excluding ortho intramolecular Hbond substituents is 1. The Kier molecular flexibility index (Phi) is 5.09. The zero-order valence-electron chi connectivity index (χ0n) is 10.6. The first-order chi connectivity index (χ1) is 8.45. The van der Waals surface area contributed by atoms with E-state index in [1.807, 2.05) is 6.92 Å². The van der Waals surface area contributed by atoms with E-state index < -0.39 is 0 Å². The van der Waals surface area contributed by atoms with Gasteiger partial charge in [-0.25, -0.2) is 0 Å². The van der Waals surface area contributed by atoms with Gasteiger partial charge >= 0.3 is 0 Å². The molecule has 1 aromatic carbocycles. The first-order valence-electron chi connectivity index (χ1n) is 5.85. The molecule has 1 unspecified atom stereocenters. The molecule has 0 heterocycles. The number of carbonyl (C=O) groups is 1. The smallest absolute Gasteiger partial charge is 0.251 e. The van der Waals surface area contributed by atoms with Gasteiger partial charge in [-0.3, -0.25) is 4.79 Å². The van der Waals surface area contributed by atoms with E-state index in [2.05, 4.69) is 5.32 Å². The molecule has 0 spiro atoms. The minimum atomic E-state index is -0.305. The maximum Gasteiger partial charge on any atom is 0.251 e. The monoisotopic (exact) mass is 266 g/mol. The SMILES string of the molecule is CCCC(NC(=O)c1ccc(C)c(O)c1)C(N)=S. The molecule has 0 aliphatic rings. The molecular formula is C13H18N2O2S. The lowest BCUT2D eigenvalue weighted by molar-refractivity contribution is 0.0945. The summed E-state index contributed by atoms with van der Waals surface area (Å²) in [5.74, 6) is -0.179. The molecule has 1 amide bonds. The van der Waals surface area contributed by atoms with E-state index in [4.69, 9.17) is 18.0 Å². The lowest BCUT2D eigenvalue weighted by Crippen LogP contribution is -2.43. The molecule has 0 aliphatic carbocycles. The highest BCUT2D eigenvalue weighted by molar-refractivity contribution is 7.80. The standard InChI is InChI=1S/C13H18N2O2S/c1-3-4-10(12(14)18)15-13(17)9-6-5-8(2)11(16)7-9/h5-7,10,16H,3-4H2,1-2H3,(H2,14,18)(H,15,17). The zero-order valence-corrected chi connectivity index (χ0v) is 11.4. The Morgan fingerprint density at radius 3 is 2.72 bits per heavy atom. The van der Waals surface area contributed by atoms with E-state index in [0.717, 1.165) is 12.0 Å². The summed E-state index contributed by atoms with van der Waals surface area (Å²) >= 11 is 4.91. The third-order valence-electron chi connectivity index (χ3n) is 2.70. The Morgan fingerprint density at radius 2 is 2.22 bits per heavy atom. The maximum absolute atomic E-state index is 12.0. The van der Waals surface area contributed by atoms with Crippen molar-refractivity contribution in [1.82, 2.24) is 5.32 Å². The molecule has 98 valence electrons. The molecule has 0 saturated carbocycles. The number of carbonyl (C=O) groups excluding carboxylic acids is 1. The Labute approximate surface area is 112 Å². The Hall–Kier alpha value is -1.62. The number of rotatable bonds is 5. The number of benzene rings is 1. The van der Waals surface area contributed by atoms with Crippen molar-refractivity contribution in [1.29, 1.82) is 0 Å². The molecule has 0 aromatic heterocycles. The van der Waals surface area contributed by atoms with Gasteiger partial charge in [0, 0.05) is 5.56 Å². The van der Waals surface area contributed by atoms with Gasteiger partial charge in [-0.2, -0.15) is 0 Å². The van der Waals surface area contributed by atoms with E-state index in [-0.39, 0.29) is 22.7 Å². The van der Waals surface area contributed by atoms with Crippen LogP contribution in [0.3, 0.4) is 0 Å². The highest BCUT2D eigenvalue weighted by Crippen LogP contribution is 2.17. The summed E-state index contributed by atoms with van der Waals surface area (Å²) in [6, 6.07) is 4.49. The third-order valence-corrected chi connectivity index (χ3v) is 2.98. The van der Waals surface area contributed by atoms with Crippen molar-refractivity contribution in [2.45, 2.75) is 32.7 Å². The Balaban J connectivity index is 2.80. The van der Waals surface area contributed by atoms with Crippen molar-refractivity contribution < 1.29 is 9.90 Å². The number of thiocarbonyl (C=S) groups is 1. The quantitative estimate of drug-likeness (QED) is 0.711. The van der Waals surface area contributed by atoms with Crippen molar-refractivity contribution in [3.8, 4) is 5.75 Å². The van der Waals surface area contributed by atoms with Gasteiger partial charge in [0.05, 0.1) is 11.0 Å². The topological polar surface area (TPSA) is 75.3 Å². The second kappa shape index (κ2) is 6.35. The molecular weight excluding hydrogens is 248 g/mol. The predicted octanol–water partition coefficient (Wildman–Crippen LogP) is 1.89. The third kappa shape index (κ3) is 3.70. The molecule has 0 bridgehead atoms. The van der Waals surface area contributed by atoms with Gasteiger partial charge in [-0.1, -0.05) is 31.6 Å². The largest absolute Gasteiger partial charge is 0.508 e. The molecule has 1 atom stereocenters. The van der Waals surface area contributed by atoms with Crippen molar-refractivity contribution in [3.63, 3.8) is 0 Å². The molecule has 0 fully saturated rings. The Morgan fingerprint density at radius 1 is 1.56 bits per heavy atom. The molecule has 1 aromatic rings. The first kappa shape index (κ1) is 14.4. The van der Waals surface area contributed by atoms with E-state index in [9.17, 15) is 9.90 Å². The lowest BCUT2D eigenvalue weighted by Gasteiger charge is -2.16. The average Bonchev–Trinajstić information content (AvgIpc) is 2.31. The summed E-state index contributed by atoms with van der Waals surface area (Å²) in [5, 5.41) is 12.3. The fourth-order valence-electron chi connectivity index (χ4n) is 1.57. The van der Waals surface area contributed by atoms with Crippen molar-refractivity contribution in [3.05, 3.63) is 29.3 Å². The van der Waals surface area contributed by atoms with Crippen molar-refractivity contribution >= 4 is 23.1 Å². The van der Waals surface area contributed by atoms with Gasteiger partial charge in [0.2, 0.25) is 0 Å². The summed E-state index contributed by atoms with van der Waals surface area (Å²) in [5.41, 5.74) is 6.70. The molecule has 0 radical (unpaired) electrons. The number of phenols is 1. The minimum absolute atomic E-state index is 0.102. The van der Waals surface area contributed by atoms with E-state index >= 15 is 0 Å². The Bertz CT molecular complexity index is 460. The summed E-state index contributed by atoms with van der Waals surface area (Å²) in [6.45, 7) is 3.76. The summed E-state index contributed by atoms with van der Waals surface area (Å²) in [7, 11) is 0. The number of hydrogen-bond donors (Lipinski definition) is 3.